The summed E-state index contributed by atoms with van der Waals surface area (Å²) in [6.07, 6.45) is 3.96. The number of nitrogens with two attached hydrogens (primary N) is 1. The summed E-state index contributed by atoms with van der Waals surface area (Å²) in [5, 5.41) is 10.6. The fourth-order valence-electron chi connectivity index (χ4n) is 1.24. The number of allylic oxidation sites excluding steroid dienone is 1. The molecule has 0 aliphatic carbocycles. The standard InChI is InChI=1S/C11H10N2O4/c12-11(15)9-5-8(3-1-2-4-14)6-10(7-9)13(16)17/h1,3-7H,2H2,(H2,12,15). The summed E-state index contributed by atoms with van der Waals surface area (Å²) in [6, 6.07) is 3.84. The number of carbonyl (C=O) groups excluding carboxylic acids is 2. The second-order valence-electron chi connectivity index (χ2n) is 3.24. The van der Waals surface area contributed by atoms with Gasteiger partial charge in [0.25, 0.3) is 5.69 Å². The Bertz CT molecular complexity index is 462. The zero-order valence-corrected chi connectivity index (χ0v) is 8.83. The van der Waals surface area contributed by atoms with Crippen molar-refractivity contribution in [3.63, 3.8) is 0 Å². The molecule has 0 aromatic heterocycles. The summed E-state index contributed by atoms with van der Waals surface area (Å²) >= 11 is 0. The van der Waals surface area contributed by atoms with Crippen LogP contribution in [0.15, 0.2) is 24.3 Å². The number of hydrogen-bond donors (Lipinski definition) is 1. The largest absolute Gasteiger partial charge is 0.366 e. The number of amides is 1. The Morgan fingerprint density at radius 2 is 2.12 bits per heavy atom. The number of primary amides is 1. The summed E-state index contributed by atoms with van der Waals surface area (Å²) in [5.74, 6) is -0.737. The van der Waals surface area contributed by atoms with Gasteiger partial charge in [-0.2, -0.15) is 0 Å². The number of rotatable bonds is 5. The maximum absolute atomic E-state index is 11.0. The van der Waals surface area contributed by atoms with Gasteiger partial charge in [0.05, 0.1) is 4.92 Å². The van der Waals surface area contributed by atoms with Gasteiger partial charge in [-0.25, -0.2) is 0 Å². The number of carbonyl (C=O) groups is 2. The van der Waals surface area contributed by atoms with Crippen LogP contribution in [0.1, 0.15) is 22.3 Å². The molecule has 0 heterocycles. The molecule has 0 saturated carbocycles. The van der Waals surface area contributed by atoms with E-state index >= 15 is 0 Å². The van der Waals surface area contributed by atoms with Crippen LogP contribution in [0, 0.1) is 10.1 Å². The van der Waals surface area contributed by atoms with Gasteiger partial charge in [0.15, 0.2) is 0 Å². The van der Waals surface area contributed by atoms with Crippen molar-refractivity contribution in [2.24, 2.45) is 5.73 Å². The minimum atomic E-state index is -0.737. The third kappa shape index (κ3) is 3.53. The number of nitro benzene ring substituents is 1. The van der Waals surface area contributed by atoms with Crippen molar-refractivity contribution in [2.75, 3.05) is 0 Å². The van der Waals surface area contributed by atoms with Gasteiger partial charge >= 0.3 is 0 Å². The molecule has 0 fully saturated rings. The highest BCUT2D eigenvalue weighted by molar-refractivity contribution is 5.94. The third-order valence-corrected chi connectivity index (χ3v) is 1.98. The van der Waals surface area contributed by atoms with E-state index in [9.17, 15) is 19.7 Å². The molecule has 2 N–H and O–H groups in total. The van der Waals surface area contributed by atoms with E-state index in [0.29, 0.717) is 11.8 Å². The van der Waals surface area contributed by atoms with Gasteiger partial charge in [-0.1, -0.05) is 12.2 Å². The summed E-state index contributed by atoms with van der Waals surface area (Å²) in [7, 11) is 0. The third-order valence-electron chi connectivity index (χ3n) is 1.98. The molecule has 0 saturated heterocycles. The molecule has 1 rings (SSSR count). The predicted octanol–water partition coefficient (Wildman–Crippen LogP) is 1.30. The number of non-ortho nitro benzene ring substituents is 1. The minimum absolute atomic E-state index is 0.0601. The molecule has 1 amide bonds. The van der Waals surface area contributed by atoms with Gasteiger partial charge in [-0.05, 0) is 11.6 Å². The first kappa shape index (κ1) is 12.6. The molecule has 88 valence electrons. The van der Waals surface area contributed by atoms with E-state index in [-0.39, 0.29) is 17.7 Å². The second-order valence-corrected chi connectivity index (χ2v) is 3.24. The lowest BCUT2D eigenvalue weighted by atomic mass is 10.1. The average Bonchev–Trinajstić information content (AvgIpc) is 2.29. The van der Waals surface area contributed by atoms with Gasteiger partial charge in [-0.3, -0.25) is 14.9 Å². The zero-order valence-electron chi connectivity index (χ0n) is 8.83. The Morgan fingerprint density at radius 3 is 2.65 bits per heavy atom. The van der Waals surface area contributed by atoms with Crippen molar-refractivity contribution in [1.82, 2.24) is 0 Å². The molecular formula is C11H10N2O4. The lowest BCUT2D eigenvalue weighted by molar-refractivity contribution is -0.384. The summed E-state index contributed by atoms with van der Waals surface area (Å²) < 4.78 is 0. The first-order valence-electron chi connectivity index (χ1n) is 4.74. The number of nitrogens with zero attached hydrogens (tertiary/aromatic N) is 1. The zero-order chi connectivity index (χ0) is 12.8. The highest BCUT2D eigenvalue weighted by Crippen LogP contribution is 2.18. The molecule has 0 aliphatic rings. The molecule has 0 atom stereocenters. The van der Waals surface area contributed by atoms with Crippen molar-refractivity contribution in [3.8, 4) is 0 Å². The van der Waals surface area contributed by atoms with Crippen LogP contribution in [0.2, 0.25) is 0 Å². The van der Waals surface area contributed by atoms with Gasteiger partial charge in [0.1, 0.15) is 6.29 Å². The Kier molecular flexibility index (Phi) is 4.10. The highest BCUT2D eigenvalue weighted by atomic mass is 16.6. The fourth-order valence-corrected chi connectivity index (χ4v) is 1.24. The van der Waals surface area contributed by atoms with E-state index in [0.717, 1.165) is 6.07 Å². The van der Waals surface area contributed by atoms with Crippen molar-refractivity contribution < 1.29 is 14.5 Å². The molecule has 6 heteroatoms. The Morgan fingerprint density at radius 1 is 1.41 bits per heavy atom. The summed E-state index contributed by atoms with van der Waals surface area (Å²) in [5.41, 5.74) is 5.36. The number of nitro groups is 1. The van der Waals surface area contributed by atoms with E-state index in [4.69, 9.17) is 5.73 Å². The molecule has 17 heavy (non-hydrogen) atoms. The van der Waals surface area contributed by atoms with Crippen LogP contribution in [-0.4, -0.2) is 17.1 Å². The van der Waals surface area contributed by atoms with Gasteiger partial charge in [0.2, 0.25) is 5.91 Å². The fraction of sp³-hybridized carbons (Fsp3) is 0.0909. The molecule has 1 aromatic carbocycles. The van der Waals surface area contributed by atoms with Crippen molar-refractivity contribution in [1.29, 1.82) is 0 Å². The lowest BCUT2D eigenvalue weighted by Crippen LogP contribution is -2.11. The van der Waals surface area contributed by atoms with Crippen LogP contribution < -0.4 is 5.73 Å². The lowest BCUT2D eigenvalue weighted by Gasteiger charge is -1.99. The van der Waals surface area contributed by atoms with Crippen LogP contribution in [0.5, 0.6) is 0 Å². The SMILES string of the molecule is NC(=O)c1cc(C=CCC=O)cc([N+](=O)[O-])c1. The van der Waals surface area contributed by atoms with E-state index in [1.165, 1.54) is 24.3 Å². The Hall–Kier alpha value is -2.50. The first-order chi connectivity index (χ1) is 8.04. The summed E-state index contributed by atoms with van der Waals surface area (Å²) in [4.78, 5) is 31.1. The molecule has 0 bridgehead atoms. The Balaban J connectivity index is 3.16. The van der Waals surface area contributed by atoms with E-state index in [1.807, 2.05) is 0 Å². The molecule has 6 nitrogen and oxygen atoms in total. The second kappa shape index (κ2) is 5.55. The first-order valence-corrected chi connectivity index (χ1v) is 4.74. The van der Waals surface area contributed by atoms with Gasteiger partial charge in [0, 0.05) is 24.1 Å². The van der Waals surface area contributed by atoms with Crippen LogP contribution in [0.4, 0.5) is 5.69 Å². The maximum atomic E-state index is 11.0. The van der Waals surface area contributed by atoms with Crippen LogP contribution >= 0.6 is 0 Å². The smallest absolute Gasteiger partial charge is 0.270 e. The molecule has 1 aromatic rings. The minimum Gasteiger partial charge on any atom is -0.366 e. The Labute approximate surface area is 96.9 Å². The van der Waals surface area contributed by atoms with Gasteiger partial charge < -0.3 is 10.5 Å². The molecule has 0 unspecified atom stereocenters. The van der Waals surface area contributed by atoms with Crippen molar-refractivity contribution in [2.45, 2.75) is 6.42 Å². The molecule has 0 radical (unpaired) electrons. The maximum Gasteiger partial charge on any atom is 0.270 e. The molecule has 0 spiro atoms. The van der Waals surface area contributed by atoms with E-state index in [2.05, 4.69) is 0 Å². The normalized spacial score (nSPS) is 10.4. The molecular weight excluding hydrogens is 224 g/mol. The van der Waals surface area contributed by atoms with Crippen LogP contribution in [0.25, 0.3) is 6.08 Å². The quantitative estimate of drug-likeness (QED) is 0.471. The van der Waals surface area contributed by atoms with E-state index < -0.39 is 10.8 Å². The van der Waals surface area contributed by atoms with Crippen LogP contribution in [0.3, 0.4) is 0 Å². The number of benzene rings is 1. The monoisotopic (exact) mass is 234 g/mol. The highest BCUT2D eigenvalue weighted by Gasteiger charge is 2.11. The number of hydrogen-bond acceptors (Lipinski definition) is 4. The van der Waals surface area contributed by atoms with Crippen LogP contribution in [-0.2, 0) is 4.79 Å². The van der Waals surface area contributed by atoms with Crippen molar-refractivity contribution in [3.05, 3.63) is 45.5 Å². The van der Waals surface area contributed by atoms with Gasteiger partial charge in [-0.15, -0.1) is 0 Å². The molecule has 0 aliphatic heterocycles. The number of aldehydes is 1. The van der Waals surface area contributed by atoms with E-state index in [1.54, 1.807) is 0 Å². The topological polar surface area (TPSA) is 103 Å². The predicted molar refractivity (Wildman–Crippen MR) is 61.3 cm³/mol. The summed E-state index contributed by atoms with van der Waals surface area (Å²) in [6.45, 7) is 0. The van der Waals surface area contributed by atoms with Crippen molar-refractivity contribution >= 4 is 24.0 Å². The average molecular weight is 234 g/mol.